The van der Waals surface area contributed by atoms with Gasteiger partial charge >= 0.3 is 0 Å². The summed E-state index contributed by atoms with van der Waals surface area (Å²) in [6.45, 7) is 1.21. The van der Waals surface area contributed by atoms with Gasteiger partial charge in [-0.1, -0.05) is 30.3 Å². The molecule has 0 radical (unpaired) electrons. The fourth-order valence-corrected chi connectivity index (χ4v) is 4.40. The minimum absolute atomic E-state index is 0.790. The van der Waals surface area contributed by atoms with Crippen LogP contribution in [0.25, 0.3) is 0 Å². The molecule has 1 aromatic rings. The van der Waals surface area contributed by atoms with Crippen molar-refractivity contribution in [2.75, 3.05) is 12.3 Å². The normalized spacial score (nSPS) is 34.4. The van der Waals surface area contributed by atoms with Gasteiger partial charge in [-0.3, -0.25) is 0 Å². The summed E-state index contributed by atoms with van der Waals surface area (Å²) in [5.41, 5.74) is 1.55. The van der Waals surface area contributed by atoms with Gasteiger partial charge in [0.05, 0.1) is 0 Å². The van der Waals surface area contributed by atoms with E-state index in [-0.39, 0.29) is 0 Å². The molecule has 2 aliphatic rings. The highest BCUT2D eigenvalue weighted by Crippen LogP contribution is 2.39. The molecule has 3 rings (SSSR count). The van der Waals surface area contributed by atoms with E-state index in [2.05, 4.69) is 47.4 Å². The first kappa shape index (κ1) is 10.7. The Morgan fingerprint density at radius 2 is 2.00 bits per heavy atom. The molecule has 0 amide bonds. The largest absolute Gasteiger partial charge is 0.312 e. The number of thioether (sulfide) groups is 1. The van der Waals surface area contributed by atoms with Crippen molar-refractivity contribution >= 4 is 11.8 Å². The Labute approximate surface area is 102 Å². The molecule has 1 aliphatic carbocycles. The lowest BCUT2D eigenvalue weighted by Gasteiger charge is -2.39. The monoisotopic (exact) mass is 233 g/mol. The standard InChI is InChI=1S/C14H19NS/c1-2-4-11(5-3-1)12-6-7-13-14(10-12)16-9-8-15-13/h1-5,12-15H,6-10H2. The van der Waals surface area contributed by atoms with E-state index in [1.807, 2.05) is 0 Å². The molecule has 1 aliphatic heterocycles. The average molecular weight is 233 g/mol. The third-order valence-electron chi connectivity index (χ3n) is 3.90. The summed E-state index contributed by atoms with van der Waals surface area (Å²) in [6.07, 6.45) is 4.09. The maximum atomic E-state index is 3.67. The maximum Gasteiger partial charge on any atom is 0.0207 e. The number of nitrogens with one attached hydrogen (secondary N) is 1. The minimum Gasteiger partial charge on any atom is -0.312 e. The number of benzene rings is 1. The van der Waals surface area contributed by atoms with Crippen LogP contribution in [0.4, 0.5) is 0 Å². The number of hydrogen-bond donors (Lipinski definition) is 1. The van der Waals surface area contributed by atoms with Gasteiger partial charge in [0.1, 0.15) is 0 Å². The summed E-state index contributed by atoms with van der Waals surface area (Å²) < 4.78 is 0. The molecule has 2 fully saturated rings. The molecular formula is C14H19NS. The zero-order valence-electron chi connectivity index (χ0n) is 9.56. The highest BCUT2D eigenvalue weighted by molar-refractivity contribution is 8.00. The van der Waals surface area contributed by atoms with Crippen LogP contribution in [-0.4, -0.2) is 23.6 Å². The maximum absolute atomic E-state index is 3.67. The van der Waals surface area contributed by atoms with E-state index in [1.165, 1.54) is 31.6 Å². The van der Waals surface area contributed by atoms with Crippen molar-refractivity contribution in [1.82, 2.24) is 5.32 Å². The van der Waals surface area contributed by atoms with Gasteiger partial charge in [-0.2, -0.15) is 11.8 Å². The summed E-state index contributed by atoms with van der Waals surface area (Å²) in [5, 5.41) is 4.53. The first-order valence-electron chi connectivity index (χ1n) is 6.33. The Morgan fingerprint density at radius 1 is 1.12 bits per heavy atom. The van der Waals surface area contributed by atoms with Crippen molar-refractivity contribution in [2.45, 2.75) is 36.5 Å². The van der Waals surface area contributed by atoms with Gasteiger partial charge in [-0.25, -0.2) is 0 Å². The van der Waals surface area contributed by atoms with Crippen molar-refractivity contribution in [3.63, 3.8) is 0 Å². The molecule has 3 unspecified atom stereocenters. The number of rotatable bonds is 1. The molecule has 1 N–H and O–H groups in total. The predicted molar refractivity (Wildman–Crippen MR) is 71.1 cm³/mol. The molecule has 1 saturated carbocycles. The first-order valence-corrected chi connectivity index (χ1v) is 7.38. The summed E-state index contributed by atoms with van der Waals surface area (Å²) in [6, 6.07) is 11.9. The van der Waals surface area contributed by atoms with Gasteiger partial charge in [-0.05, 0) is 30.7 Å². The second kappa shape index (κ2) is 4.80. The Bertz CT molecular complexity index is 338. The SMILES string of the molecule is c1ccc(C2CCC3NCCSC3C2)cc1. The molecule has 1 saturated heterocycles. The second-order valence-electron chi connectivity index (χ2n) is 4.89. The van der Waals surface area contributed by atoms with Gasteiger partial charge in [0, 0.05) is 23.6 Å². The number of hydrogen-bond acceptors (Lipinski definition) is 2. The van der Waals surface area contributed by atoms with Gasteiger partial charge in [0.2, 0.25) is 0 Å². The van der Waals surface area contributed by atoms with E-state index >= 15 is 0 Å². The molecule has 0 bridgehead atoms. The zero-order valence-corrected chi connectivity index (χ0v) is 10.4. The van der Waals surface area contributed by atoms with E-state index in [1.54, 1.807) is 5.56 Å². The highest BCUT2D eigenvalue weighted by Gasteiger charge is 2.32. The van der Waals surface area contributed by atoms with Gasteiger partial charge < -0.3 is 5.32 Å². The van der Waals surface area contributed by atoms with Crippen molar-refractivity contribution in [3.8, 4) is 0 Å². The van der Waals surface area contributed by atoms with Crippen LogP contribution >= 0.6 is 11.8 Å². The Hall–Kier alpha value is -0.470. The number of fused-ring (bicyclic) bond motifs is 1. The molecular weight excluding hydrogens is 214 g/mol. The van der Waals surface area contributed by atoms with Crippen LogP contribution in [0.15, 0.2) is 30.3 Å². The molecule has 1 nitrogen and oxygen atoms in total. The van der Waals surface area contributed by atoms with Crippen molar-refractivity contribution in [2.24, 2.45) is 0 Å². The molecule has 86 valence electrons. The van der Waals surface area contributed by atoms with Crippen molar-refractivity contribution < 1.29 is 0 Å². The molecule has 16 heavy (non-hydrogen) atoms. The second-order valence-corrected chi connectivity index (χ2v) is 6.24. The summed E-state index contributed by atoms with van der Waals surface area (Å²) >= 11 is 2.18. The Balaban J connectivity index is 1.71. The van der Waals surface area contributed by atoms with Crippen LogP contribution in [0, 0.1) is 0 Å². The van der Waals surface area contributed by atoms with E-state index in [0.29, 0.717) is 0 Å². The third-order valence-corrected chi connectivity index (χ3v) is 5.29. The van der Waals surface area contributed by atoms with Crippen LogP contribution in [0.5, 0.6) is 0 Å². The fourth-order valence-electron chi connectivity index (χ4n) is 3.03. The highest BCUT2D eigenvalue weighted by atomic mass is 32.2. The van der Waals surface area contributed by atoms with E-state index < -0.39 is 0 Å². The average Bonchev–Trinajstić information content (AvgIpc) is 2.39. The quantitative estimate of drug-likeness (QED) is 0.800. The topological polar surface area (TPSA) is 12.0 Å². The van der Waals surface area contributed by atoms with Crippen molar-refractivity contribution in [3.05, 3.63) is 35.9 Å². The molecule has 1 aromatic carbocycles. The van der Waals surface area contributed by atoms with E-state index in [4.69, 9.17) is 0 Å². The lowest BCUT2D eigenvalue weighted by atomic mass is 9.81. The summed E-state index contributed by atoms with van der Waals surface area (Å²) in [5.74, 6) is 2.10. The smallest absolute Gasteiger partial charge is 0.0207 e. The third kappa shape index (κ3) is 2.14. The Morgan fingerprint density at radius 3 is 2.88 bits per heavy atom. The van der Waals surface area contributed by atoms with Gasteiger partial charge in [-0.15, -0.1) is 0 Å². The zero-order chi connectivity index (χ0) is 10.8. The van der Waals surface area contributed by atoms with Gasteiger partial charge in [0.15, 0.2) is 0 Å². The Kier molecular flexibility index (Phi) is 3.20. The lowest BCUT2D eigenvalue weighted by molar-refractivity contribution is 0.351. The summed E-state index contributed by atoms with van der Waals surface area (Å²) in [7, 11) is 0. The molecule has 0 spiro atoms. The van der Waals surface area contributed by atoms with Crippen LogP contribution in [0.3, 0.4) is 0 Å². The first-order chi connectivity index (χ1) is 7.93. The van der Waals surface area contributed by atoms with Gasteiger partial charge in [0.25, 0.3) is 0 Å². The summed E-state index contributed by atoms with van der Waals surface area (Å²) in [4.78, 5) is 0. The molecule has 0 aromatic heterocycles. The molecule has 2 heteroatoms. The van der Waals surface area contributed by atoms with Crippen molar-refractivity contribution in [1.29, 1.82) is 0 Å². The predicted octanol–water partition coefficient (Wildman–Crippen LogP) is 3.03. The van der Waals surface area contributed by atoms with Crippen LogP contribution in [0.2, 0.25) is 0 Å². The van der Waals surface area contributed by atoms with E-state index in [9.17, 15) is 0 Å². The van der Waals surface area contributed by atoms with Crippen LogP contribution in [-0.2, 0) is 0 Å². The van der Waals surface area contributed by atoms with E-state index in [0.717, 1.165) is 17.2 Å². The molecule has 3 atom stereocenters. The molecule has 1 heterocycles. The van der Waals surface area contributed by atoms with Crippen LogP contribution in [0.1, 0.15) is 30.7 Å². The fraction of sp³-hybridized carbons (Fsp3) is 0.571. The minimum atomic E-state index is 0.790. The van der Waals surface area contributed by atoms with Crippen LogP contribution < -0.4 is 5.32 Å². The lowest BCUT2D eigenvalue weighted by Crippen LogP contribution is -2.46.